The predicted molar refractivity (Wildman–Crippen MR) is 120 cm³/mol. The second kappa shape index (κ2) is 9.22. The summed E-state index contributed by atoms with van der Waals surface area (Å²) in [6.45, 7) is 1.89. The summed E-state index contributed by atoms with van der Waals surface area (Å²) in [5, 5.41) is 26.6. The van der Waals surface area contributed by atoms with Crippen LogP contribution in [0.2, 0.25) is 15.1 Å². The fraction of sp³-hybridized carbons (Fsp3) is 0.158. The van der Waals surface area contributed by atoms with E-state index in [0.29, 0.717) is 26.9 Å². The molecule has 0 saturated carbocycles. The first-order valence-electron chi connectivity index (χ1n) is 9.32. The Morgan fingerprint density at radius 3 is 2.48 bits per heavy atom. The lowest BCUT2D eigenvalue weighted by Crippen LogP contribution is -2.17. The highest BCUT2D eigenvalue weighted by Crippen LogP contribution is 2.27. The van der Waals surface area contributed by atoms with Gasteiger partial charge in [0.2, 0.25) is 0 Å². The van der Waals surface area contributed by atoms with Crippen LogP contribution in [0, 0.1) is 17.0 Å². The molecule has 0 bridgehead atoms. The Kier molecular flexibility index (Phi) is 6.36. The first kappa shape index (κ1) is 22.8. The molecule has 0 aliphatic heterocycles. The number of nitrogens with zero attached hydrogens (tertiary/aromatic N) is 6. The van der Waals surface area contributed by atoms with Gasteiger partial charge in [-0.15, -0.1) is 0 Å². The summed E-state index contributed by atoms with van der Waals surface area (Å²) in [6.07, 6.45) is 3.88. The molecule has 0 saturated heterocycles. The summed E-state index contributed by atoms with van der Waals surface area (Å²) in [5.74, 6) is -0.152. The zero-order valence-corrected chi connectivity index (χ0v) is 19.1. The van der Waals surface area contributed by atoms with Gasteiger partial charge in [-0.05, 0) is 19.1 Å². The van der Waals surface area contributed by atoms with Gasteiger partial charge in [-0.1, -0.05) is 46.0 Å². The number of aromatic nitrogens is 5. The van der Waals surface area contributed by atoms with Crippen molar-refractivity contribution in [3.8, 4) is 0 Å². The highest BCUT2D eigenvalue weighted by atomic mass is 35.5. The molecule has 0 radical (unpaired) electrons. The van der Waals surface area contributed by atoms with E-state index >= 15 is 0 Å². The Morgan fingerprint density at radius 1 is 1.12 bits per heavy atom. The van der Waals surface area contributed by atoms with Crippen LogP contribution in [0.15, 0.2) is 41.3 Å². The van der Waals surface area contributed by atoms with Crippen LogP contribution in [0.4, 0.5) is 11.5 Å². The molecule has 14 heteroatoms. The average Bonchev–Trinajstić information content (AvgIpc) is 3.46. The summed E-state index contributed by atoms with van der Waals surface area (Å²) >= 11 is 18.7. The maximum absolute atomic E-state index is 12.9. The van der Waals surface area contributed by atoms with Crippen molar-refractivity contribution >= 4 is 52.2 Å². The Hall–Kier alpha value is -3.41. The van der Waals surface area contributed by atoms with Crippen molar-refractivity contribution in [2.24, 2.45) is 0 Å². The van der Waals surface area contributed by atoms with E-state index in [1.165, 1.54) is 21.8 Å². The van der Waals surface area contributed by atoms with E-state index < -0.39 is 10.8 Å². The van der Waals surface area contributed by atoms with E-state index in [1.54, 1.807) is 25.1 Å². The van der Waals surface area contributed by atoms with E-state index in [4.69, 9.17) is 39.3 Å². The summed E-state index contributed by atoms with van der Waals surface area (Å²) in [5.41, 5.74) is 0.862. The first-order chi connectivity index (χ1) is 15.7. The second-order valence-corrected chi connectivity index (χ2v) is 8.12. The number of nitrogens with one attached hydrogen (secondary N) is 1. The number of carbonyl (C=O) groups is 1. The largest absolute Gasteiger partial charge is 0.361 e. The van der Waals surface area contributed by atoms with E-state index in [9.17, 15) is 14.9 Å². The van der Waals surface area contributed by atoms with Gasteiger partial charge in [0, 0.05) is 27.4 Å². The number of anilines is 1. The van der Waals surface area contributed by atoms with Gasteiger partial charge in [0.1, 0.15) is 23.2 Å². The molecule has 0 aliphatic carbocycles. The topological polar surface area (TPSA) is 134 Å². The smallest absolute Gasteiger partial charge is 0.307 e. The number of halogens is 3. The third kappa shape index (κ3) is 4.85. The quantitative estimate of drug-likeness (QED) is 0.284. The number of hydrogen-bond acceptors (Lipinski definition) is 7. The van der Waals surface area contributed by atoms with Crippen molar-refractivity contribution < 1.29 is 14.2 Å². The molecule has 4 aromatic rings. The minimum absolute atomic E-state index is 0.0228. The van der Waals surface area contributed by atoms with E-state index in [2.05, 4.69) is 20.7 Å². The Bertz CT molecular complexity index is 1340. The Labute approximate surface area is 201 Å². The average molecular weight is 511 g/mol. The highest BCUT2D eigenvalue weighted by Gasteiger charge is 2.23. The van der Waals surface area contributed by atoms with Crippen molar-refractivity contribution in [2.75, 3.05) is 5.32 Å². The van der Waals surface area contributed by atoms with Gasteiger partial charge in [0.25, 0.3) is 5.91 Å². The molecule has 1 aromatic carbocycles. The van der Waals surface area contributed by atoms with Gasteiger partial charge in [-0.2, -0.15) is 10.2 Å². The molecular formula is C19H14Cl3N7O4. The molecule has 4 rings (SSSR count). The number of aryl methyl sites for hydroxylation is 1. The monoisotopic (exact) mass is 509 g/mol. The number of carbonyl (C=O) groups excluding carboxylic acids is 1. The van der Waals surface area contributed by atoms with Gasteiger partial charge >= 0.3 is 5.69 Å². The normalized spacial score (nSPS) is 11.0. The van der Waals surface area contributed by atoms with Crippen LogP contribution >= 0.6 is 34.8 Å². The minimum atomic E-state index is -0.619. The summed E-state index contributed by atoms with van der Waals surface area (Å²) in [4.78, 5) is 23.2. The van der Waals surface area contributed by atoms with Crippen LogP contribution < -0.4 is 5.32 Å². The summed E-state index contributed by atoms with van der Waals surface area (Å²) < 4.78 is 7.95. The molecular weight excluding hydrogens is 497 g/mol. The molecule has 33 heavy (non-hydrogen) atoms. The third-order valence-electron chi connectivity index (χ3n) is 4.68. The van der Waals surface area contributed by atoms with E-state index in [-0.39, 0.29) is 35.3 Å². The minimum Gasteiger partial charge on any atom is -0.361 e. The van der Waals surface area contributed by atoms with Gasteiger partial charge in [-0.3, -0.25) is 24.3 Å². The van der Waals surface area contributed by atoms with Crippen LogP contribution in [-0.4, -0.2) is 35.5 Å². The molecule has 0 atom stereocenters. The number of rotatable bonds is 7. The molecule has 1 amide bonds. The van der Waals surface area contributed by atoms with Crippen LogP contribution in [0.3, 0.4) is 0 Å². The molecule has 3 heterocycles. The van der Waals surface area contributed by atoms with Crippen molar-refractivity contribution in [1.29, 1.82) is 0 Å². The van der Waals surface area contributed by atoms with Gasteiger partial charge in [0.15, 0.2) is 11.5 Å². The van der Waals surface area contributed by atoms with Crippen molar-refractivity contribution in [1.82, 2.24) is 24.7 Å². The molecule has 0 fully saturated rings. The van der Waals surface area contributed by atoms with Crippen LogP contribution in [0.5, 0.6) is 0 Å². The molecule has 170 valence electrons. The van der Waals surface area contributed by atoms with Crippen molar-refractivity contribution in [3.63, 3.8) is 0 Å². The lowest BCUT2D eigenvalue weighted by molar-refractivity contribution is -0.385. The van der Waals surface area contributed by atoms with Crippen LogP contribution in [0.1, 0.15) is 27.4 Å². The van der Waals surface area contributed by atoms with Gasteiger partial charge < -0.3 is 9.84 Å². The number of benzene rings is 1. The lowest BCUT2D eigenvalue weighted by atomic mass is 10.2. The fourth-order valence-corrected chi connectivity index (χ4v) is 3.74. The Morgan fingerprint density at radius 2 is 1.82 bits per heavy atom. The SMILES string of the molecule is Cc1onc(C(=O)Nc2nn(Cc3c(Cl)cccc3Cl)cc2Cl)c1Cn1cc([N+](=O)[O-])cn1. The van der Waals surface area contributed by atoms with Crippen molar-refractivity contribution in [3.05, 3.63) is 84.6 Å². The lowest BCUT2D eigenvalue weighted by Gasteiger charge is -2.07. The molecule has 1 N–H and O–H groups in total. The number of hydrogen-bond donors (Lipinski definition) is 1. The zero-order valence-electron chi connectivity index (χ0n) is 16.8. The molecule has 0 aliphatic rings. The Balaban J connectivity index is 1.53. The standard InChI is InChI=1S/C19H14Cl3N7O4/c1-10-12(7-27-6-11(5-23-27)29(31)32)17(26-33-10)19(30)24-18-16(22)9-28(25-18)8-13-14(20)3-2-4-15(13)21/h2-6,9H,7-8H2,1H3,(H,24,25,30). The van der Waals surface area contributed by atoms with Crippen LogP contribution in [0.25, 0.3) is 0 Å². The molecule has 3 aromatic heterocycles. The van der Waals surface area contributed by atoms with Gasteiger partial charge in [0.05, 0.1) is 18.0 Å². The molecule has 11 nitrogen and oxygen atoms in total. The maximum Gasteiger partial charge on any atom is 0.307 e. The molecule has 0 spiro atoms. The number of amides is 1. The summed E-state index contributed by atoms with van der Waals surface area (Å²) in [6, 6.07) is 5.15. The van der Waals surface area contributed by atoms with Gasteiger partial charge in [-0.25, -0.2) is 0 Å². The summed E-state index contributed by atoms with van der Waals surface area (Å²) in [7, 11) is 0. The predicted octanol–water partition coefficient (Wildman–Crippen LogP) is 4.59. The highest BCUT2D eigenvalue weighted by molar-refractivity contribution is 6.36. The van der Waals surface area contributed by atoms with E-state index in [1.807, 2.05) is 0 Å². The van der Waals surface area contributed by atoms with Crippen LogP contribution in [-0.2, 0) is 13.1 Å². The zero-order chi connectivity index (χ0) is 23.7. The first-order valence-corrected chi connectivity index (χ1v) is 10.5. The molecule has 0 unspecified atom stereocenters. The maximum atomic E-state index is 12.9. The number of nitro groups is 1. The second-order valence-electron chi connectivity index (χ2n) is 6.90. The van der Waals surface area contributed by atoms with Crippen molar-refractivity contribution in [2.45, 2.75) is 20.0 Å². The third-order valence-corrected chi connectivity index (χ3v) is 5.67. The fourth-order valence-electron chi connectivity index (χ4n) is 3.03. The van der Waals surface area contributed by atoms with E-state index in [0.717, 1.165) is 6.20 Å².